The van der Waals surface area contributed by atoms with E-state index in [-0.39, 0.29) is 23.8 Å². The number of hydrogen-bond acceptors (Lipinski definition) is 4. The van der Waals surface area contributed by atoms with Crippen LogP contribution in [0.15, 0.2) is 28.7 Å². The Bertz CT molecular complexity index is 705. The molecule has 2 aromatic rings. The summed E-state index contributed by atoms with van der Waals surface area (Å²) >= 11 is 0. The van der Waals surface area contributed by atoms with E-state index in [9.17, 15) is 9.59 Å². The Hall–Kier alpha value is -2.37. The Morgan fingerprint density at radius 3 is 2.96 bits per heavy atom. The maximum atomic E-state index is 12.3. The number of para-hydroxylation sites is 2. The summed E-state index contributed by atoms with van der Waals surface area (Å²) in [6.07, 6.45) is 1.62. The summed E-state index contributed by atoms with van der Waals surface area (Å²) in [7, 11) is 0. The minimum Gasteiger partial charge on any atom is -0.441 e. The monoisotopic (exact) mass is 329 g/mol. The number of benzene rings is 1. The smallest absolute Gasteiger partial charge is 0.224 e. The first-order chi connectivity index (χ1) is 11.5. The molecule has 1 N–H and O–H groups in total. The van der Waals surface area contributed by atoms with Crippen LogP contribution in [-0.4, -0.2) is 40.8 Å². The van der Waals surface area contributed by atoms with Gasteiger partial charge in [0.25, 0.3) is 0 Å². The topological polar surface area (TPSA) is 75.4 Å². The molecule has 2 heterocycles. The number of carbonyl (C=O) groups excluding carboxylic acids is 2. The van der Waals surface area contributed by atoms with Crippen LogP contribution in [0.25, 0.3) is 11.1 Å². The Labute approximate surface area is 141 Å². The fraction of sp³-hybridized carbons (Fsp3) is 0.500. The van der Waals surface area contributed by atoms with Gasteiger partial charge in [-0.2, -0.15) is 0 Å². The number of carbonyl (C=O) groups is 2. The molecule has 1 saturated heterocycles. The highest BCUT2D eigenvalue weighted by Crippen LogP contribution is 2.20. The van der Waals surface area contributed by atoms with Crippen molar-refractivity contribution in [1.82, 2.24) is 15.2 Å². The van der Waals surface area contributed by atoms with Crippen molar-refractivity contribution in [3.05, 3.63) is 30.2 Å². The van der Waals surface area contributed by atoms with Crippen LogP contribution in [0.3, 0.4) is 0 Å². The SMILES string of the molecule is CC(C)N1CC(C(=O)NCCc2nc3ccccc3o2)CCC1=O. The van der Waals surface area contributed by atoms with E-state index in [0.29, 0.717) is 38.2 Å². The summed E-state index contributed by atoms with van der Waals surface area (Å²) in [5.41, 5.74) is 1.59. The molecule has 1 aliphatic rings. The van der Waals surface area contributed by atoms with E-state index in [0.717, 1.165) is 11.1 Å². The summed E-state index contributed by atoms with van der Waals surface area (Å²) in [4.78, 5) is 30.4. The van der Waals surface area contributed by atoms with Crippen LogP contribution >= 0.6 is 0 Å². The van der Waals surface area contributed by atoms with Crippen molar-refractivity contribution in [2.75, 3.05) is 13.1 Å². The molecule has 0 saturated carbocycles. The van der Waals surface area contributed by atoms with Gasteiger partial charge in [0, 0.05) is 32.0 Å². The van der Waals surface area contributed by atoms with Crippen LogP contribution in [0.5, 0.6) is 0 Å². The molecule has 1 aromatic heterocycles. The normalized spacial score (nSPS) is 18.4. The van der Waals surface area contributed by atoms with Crippen LogP contribution in [-0.2, 0) is 16.0 Å². The first kappa shape index (κ1) is 16.5. The van der Waals surface area contributed by atoms with Crippen molar-refractivity contribution in [1.29, 1.82) is 0 Å². The molecule has 0 radical (unpaired) electrons. The number of oxazole rings is 1. The minimum absolute atomic E-state index is 0.00395. The molecule has 1 atom stereocenters. The Kier molecular flexibility index (Phi) is 4.83. The highest BCUT2D eigenvalue weighted by Gasteiger charge is 2.31. The fourth-order valence-electron chi connectivity index (χ4n) is 3.05. The molecule has 1 unspecified atom stereocenters. The van der Waals surface area contributed by atoms with Crippen LogP contribution in [0.1, 0.15) is 32.6 Å². The average molecular weight is 329 g/mol. The quantitative estimate of drug-likeness (QED) is 0.912. The Morgan fingerprint density at radius 2 is 2.21 bits per heavy atom. The maximum Gasteiger partial charge on any atom is 0.224 e. The lowest BCUT2D eigenvalue weighted by Crippen LogP contribution is -2.48. The van der Waals surface area contributed by atoms with Crippen molar-refractivity contribution in [3.8, 4) is 0 Å². The second-order valence-electron chi connectivity index (χ2n) is 6.49. The molecule has 24 heavy (non-hydrogen) atoms. The van der Waals surface area contributed by atoms with Gasteiger partial charge in [-0.1, -0.05) is 12.1 Å². The second-order valence-corrected chi connectivity index (χ2v) is 6.49. The molecule has 2 amide bonds. The molecule has 1 aromatic carbocycles. The van der Waals surface area contributed by atoms with E-state index in [1.807, 2.05) is 38.1 Å². The van der Waals surface area contributed by atoms with Gasteiger partial charge in [-0.05, 0) is 32.4 Å². The maximum absolute atomic E-state index is 12.3. The molecular formula is C18H23N3O3. The highest BCUT2D eigenvalue weighted by molar-refractivity contribution is 5.84. The van der Waals surface area contributed by atoms with Crippen LogP contribution in [0.2, 0.25) is 0 Å². The standard InChI is InChI=1S/C18H23N3O3/c1-12(2)21-11-13(7-8-17(21)22)18(23)19-10-9-16-20-14-5-3-4-6-15(14)24-16/h3-6,12-13H,7-11H2,1-2H3,(H,19,23). The van der Waals surface area contributed by atoms with Crippen molar-refractivity contribution in [2.24, 2.45) is 5.92 Å². The van der Waals surface area contributed by atoms with Crippen LogP contribution in [0.4, 0.5) is 0 Å². The summed E-state index contributed by atoms with van der Waals surface area (Å²) in [5.74, 6) is 0.637. The van der Waals surface area contributed by atoms with Gasteiger partial charge in [-0.15, -0.1) is 0 Å². The Morgan fingerprint density at radius 1 is 1.42 bits per heavy atom. The van der Waals surface area contributed by atoms with Gasteiger partial charge in [-0.25, -0.2) is 4.98 Å². The molecule has 6 nitrogen and oxygen atoms in total. The molecule has 0 spiro atoms. The molecule has 128 valence electrons. The van der Waals surface area contributed by atoms with Crippen molar-refractivity contribution in [3.63, 3.8) is 0 Å². The van der Waals surface area contributed by atoms with Crippen molar-refractivity contribution < 1.29 is 14.0 Å². The summed E-state index contributed by atoms with van der Waals surface area (Å²) in [6, 6.07) is 7.74. The first-order valence-electron chi connectivity index (χ1n) is 8.46. The lowest BCUT2D eigenvalue weighted by atomic mass is 9.95. The number of amides is 2. The summed E-state index contributed by atoms with van der Waals surface area (Å²) < 4.78 is 5.64. The van der Waals surface area contributed by atoms with Gasteiger partial charge in [0.2, 0.25) is 11.8 Å². The van der Waals surface area contributed by atoms with Gasteiger partial charge >= 0.3 is 0 Å². The number of aromatic nitrogens is 1. The second kappa shape index (κ2) is 7.03. The Balaban J connectivity index is 1.51. The van der Waals surface area contributed by atoms with Crippen LogP contribution in [0, 0.1) is 5.92 Å². The van der Waals surface area contributed by atoms with Gasteiger partial charge in [-0.3, -0.25) is 9.59 Å². The molecule has 6 heteroatoms. The van der Waals surface area contributed by atoms with Crippen molar-refractivity contribution >= 4 is 22.9 Å². The zero-order valence-corrected chi connectivity index (χ0v) is 14.1. The number of nitrogens with zero attached hydrogens (tertiary/aromatic N) is 2. The highest BCUT2D eigenvalue weighted by atomic mass is 16.3. The zero-order valence-electron chi connectivity index (χ0n) is 14.1. The number of hydrogen-bond donors (Lipinski definition) is 1. The third-order valence-electron chi connectivity index (χ3n) is 4.41. The van der Waals surface area contributed by atoms with Crippen LogP contribution < -0.4 is 5.32 Å². The van der Waals surface area contributed by atoms with E-state index in [2.05, 4.69) is 10.3 Å². The number of nitrogens with one attached hydrogen (secondary N) is 1. The predicted octanol–water partition coefficient (Wildman–Crippen LogP) is 2.13. The molecular weight excluding hydrogens is 306 g/mol. The number of likely N-dealkylation sites (tertiary alicyclic amines) is 1. The average Bonchev–Trinajstić information content (AvgIpc) is 2.97. The van der Waals surface area contributed by atoms with E-state index in [4.69, 9.17) is 4.42 Å². The van der Waals surface area contributed by atoms with E-state index < -0.39 is 0 Å². The minimum atomic E-state index is -0.131. The lowest BCUT2D eigenvalue weighted by Gasteiger charge is -2.34. The van der Waals surface area contributed by atoms with Gasteiger partial charge < -0.3 is 14.6 Å². The number of piperidine rings is 1. The lowest BCUT2D eigenvalue weighted by molar-refractivity contribution is -0.139. The van der Waals surface area contributed by atoms with Gasteiger partial charge in [0.1, 0.15) is 5.52 Å². The van der Waals surface area contributed by atoms with E-state index in [1.165, 1.54) is 0 Å². The third-order valence-corrected chi connectivity index (χ3v) is 4.41. The number of rotatable bonds is 5. The zero-order chi connectivity index (χ0) is 17.1. The van der Waals surface area contributed by atoms with Crippen molar-refractivity contribution in [2.45, 2.75) is 39.2 Å². The largest absolute Gasteiger partial charge is 0.441 e. The predicted molar refractivity (Wildman–Crippen MR) is 90.3 cm³/mol. The summed E-state index contributed by atoms with van der Waals surface area (Å²) in [5, 5.41) is 2.94. The third kappa shape index (κ3) is 3.58. The fourth-order valence-corrected chi connectivity index (χ4v) is 3.05. The molecule has 3 rings (SSSR count). The molecule has 0 bridgehead atoms. The molecule has 0 aliphatic carbocycles. The van der Waals surface area contributed by atoms with Gasteiger partial charge in [0.05, 0.1) is 5.92 Å². The van der Waals surface area contributed by atoms with Gasteiger partial charge in [0.15, 0.2) is 11.5 Å². The first-order valence-corrected chi connectivity index (χ1v) is 8.46. The van der Waals surface area contributed by atoms with E-state index in [1.54, 1.807) is 4.90 Å². The molecule has 1 aliphatic heterocycles. The number of fused-ring (bicyclic) bond motifs is 1. The summed E-state index contributed by atoms with van der Waals surface area (Å²) in [6.45, 7) is 4.94. The van der Waals surface area contributed by atoms with E-state index >= 15 is 0 Å². The molecule has 1 fully saturated rings.